The van der Waals surface area contributed by atoms with Gasteiger partial charge in [-0.05, 0) is 54.9 Å². The molecule has 1 fully saturated rings. The predicted octanol–water partition coefficient (Wildman–Crippen LogP) is 5.04. The zero-order valence-corrected chi connectivity index (χ0v) is 22.3. The Hall–Kier alpha value is -3.38. The molecule has 5 rings (SSSR count). The van der Waals surface area contributed by atoms with Crippen molar-refractivity contribution >= 4 is 23.1 Å². The number of hydrogen-bond donors (Lipinski definition) is 1. The normalized spacial score (nSPS) is 23.7. The second kappa shape index (κ2) is 9.49. The summed E-state index contributed by atoms with van der Waals surface area (Å²) in [6.45, 7) is 12.0. The van der Waals surface area contributed by atoms with Gasteiger partial charge in [0.2, 0.25) is 0 Å². The molecule has 0 unspecified atom stereocenters. The van der Waals surface area contributed by atoms with Crippen molar-refractivity contribution < 1.29 is 14.7 Å². The van der Waals surface area contributed by atoms with Crippen LogP contribution in [-0.4, -0.2) is 73.1 Å². The first-order valence-corrected chi connectivity index (χ1v) is 13.2. The fourth-order valence-corrected chi connectivity index (χ4v) is 6.44. The molecular weight excluding hydrogens is 462 g/mol. The van der Waals surface area contributed by atoms with Gasteiger partial charge in [-0.3, -0.25) is 4.79 Å². The maximum Gasteiger partial charge on any atom is 0.335 e. The summed E-state index contributed by atoms with van der Waals surface area (Å²) in [6.07, 6.45) is 5.38. The van der Waals surface area contributed by atoms with Crippen LogP contribution in [0.15, 0.2) is 66.3 Å². The van der Waals surface area contributed by atoms with E-state index in [0.29, 0.717) is 18.7 Å². The molecule has 1 atom stereocenters. The Morgan fingerprint density at radius 1 is 0.892 bits per heavy atom. The topological polar surface area (TPSA) is 64.1 Å². The van der Waals surface area contributed by atoms with Crippen LogP contribution < -0.4 is 4.90 Å². The number of aromatic carboxylic acids is 1. The average Bonchev–Trinajstić information content (AvgIpc) is 2.88. The molecular formula is C31H37N3O3. The van der Waals surface area contributed by atoms with Crippen LogP contribution in [0.3, 0.4) is 0 Å². The summed E-state index contributed by atoms with van der Waals surface area (Å²) >= 11 is 0. The maximum absolute atomic E-state index is 13.6. The van der Waals surface area contributed by atoms with Crippen molar-refractivity contribution in [3.05, 3.63) is 82.9 Å². The highest BCUT2D eigenvalue weighted by molar-refractivity contribution is 5.95. The number of benzene rings is 2. The SMILES string of the molecule is CN1CCN(c2cccc(C(=O)N3CC=C4C(C)(C)C(c5ccc(C(=O)O)cc5)=CC[C@]4(C)C3)c2)CC1. The number of rotatable bonds is 4. The molecule has 6 nitrogen and oxygen atoms in total. The molecule has 1 aliphatic carbocycles. The highest BCUT2D eigenvalue weighted by Crippen LogP contribution is 2.55. The number of carbonyl (C=O) groups is 2. The minimum absolute atomic E-state index is 0.0874. The third-order valence-corrected chi connectivity index (χ3v) is 8.50. The van der Waals surface area contributed by atoms with E-state index in [0.717, 1.165) is 49.4 Å². The number of nitrogens with zero attached hydrogens (tertiary/aromatic N) is 3. The largest absolute Gasteiger partial charge is 0.478 e. The van der Waals surface area contributed by atoms with Gasteiger partial charge in [0.25, 0.3) is 5.91 Å². The molecule has 1 N–H and O–H groups in total. The van der Waals surface area contributed by atoms with Gasteiger partial charge in [-0.15, -0.1) is 0 Å². The van der Waals surface area contributed by atoms with E-state index in [2.05, 4.69) is 61.9 Å². The zero-order chi connectivity index (χ0) is 26.4. The van der Waals surface area contributed by atoms with Crippen LogP contribution >= 0.6 is 0 Å². The van der Waals surface area contributed by atoms with Gasteiger partial charge in [0.1, 0.15) is 0 Å². The lowest BCUT2D eigenvalue weighted by atomic mass is 9.58. The highest BCUT2D eigenvalue weighted by Gasteiger charge is 2.46. The van der Waals surface area contributed by atoms with E-state index < -0.39 is 5.97 Å². The molecule has 3 aliphatic rings. The Kier molecular flexibility index (Phi) is 6.48. The molecule has 6 heteroatoms. The van der Waals surface area contributed by atoms with Crippen molar-refractivity contribution in [1.82, 2.24) is 9.80 Å². The van der Waals surface area contributed by atoms with Crippen LogP contribution in [0.5, 0.6) is 0 Å². The van der Waals surface area contributed by atoms with Gasteiger partial charge in [-0.25, -0.2) is 4.79 Å². The summed E-state index contributed by atoms with van der Waals surface area (Å²) in [4.78, 5) is 31.6. The van der Waals surface area contributed by atoms with Gasteiger partial charge in [-0.2, -0.15) is 0 Å². The minimum atomic E-state index is -0.912. The molecule has 0 saturated carbocycles. The standard InChI is InChI=1S/C31H37N3O3/c1-30(2)26(22-8-10-23(11-9-22)29(36)37)12-14-31(3)21-34(15-13-27(30)31)28(35)24-6-5-7-25(20-24)33-18-16-32(4)17-19-33/h5-13,20H,14-19,21H2,1-4H3,(H,36,37)/t31-/m1/s1. The van der Waals surface area contributed by atoms with Crippen LogP contribution in [0.4, 0.5) is 5.69 Å². The third-order valence-electron chi connectivity index (χ3n) is 8.50. The summed E-state index contributed by atoms with van der Waals surface area (Å²) in [5, 5.41) is 9.26. The number of carboxylic acids is 1. The van der Waals surface area contributed by atoms with Gasteiger partial charge in [0, 0.05) is 61.3 Å². The molecule has 194 valence electrons. The summed E-state index contributed by atoms with van der Waals surface area (Å²) in [5.41, 5.74) is 5.44. The van der Waals surface area contributed by atoms with Crippen LogP contribution in [-0.2, 0) is 0 Å². The Bertz CT molecular complexity index is 1270. The van der Waals surface area contributed by atoms with E-state index in [-0.39, 0.29) is 16.7 Å². The molecule has 1 amide bonds. The lowest BCUT2D eigenvalue weighted by Crippen LogP contribution is -2.48. The predicted molar refractivity (Wildman–Crippen MR) is 148 cm³/mol. The quantitative estimate of drug-likeness (QED) is 0.598. The number of carboxylic acid groups (broad SMARTS) is 1. The van der Waals surface area contributed by atoms with E-state index in [4.69, 9.17) is 0 Å². The first kappa shape index (κ1) is 25.3. The van der Waals surface area contributed by atoms with Crippen LogP contribution in [0, 0.1) is 10.8 Å². The fraction of sp³-hybridized carbons (Fsp3) is 0.419. The summed E-state index contributed by atoms with van der Waals surface area (Å²) < 4.78 is 0. The first-order chi connectivity index (χ1) is 17.6. The monoisotopic (exact) mass is 499 g/mol. The fourth-order valence-electron chi connectivity index (χ4n) is 6.44. The molecule has 0 bridgehead atoms. The lowest BCUT2D eigenvalue weighted by molar-refractivity contribution is 0.0678. The van der Waals surface area contributed by atoms with Crippen LogP contribution in [0.25, 0.3) is 5.57 Å². The molecule has 2 aromatic rings. The number of hydrogen-bond acceptors (Lipinski definition) is 4. The van der Waals surface area contributed by atoms with Gasteiger partial charge in [-0.1, -0.05) is 56.7 Å². The van der Waals surface area contributed by atoms with Gasteiger partial charge in [0.15, 0.2) is 0 Å². The van der Waals surface area contributed by atoms with E-state index in [1.165, 1.54) is 11.1 Å². The molecule has 2 aliphatic heterocycles. The Morgan fingerprint density at radius 2 is 1.59 bits per heavy atom. The second-order valence-electron chi connectivity index (χ2n) is 11.5. The third kappa shape index (κ3) is 4.71. The molecule has 1 saturated heterocycles. The number of amides is 1. The van der Waals surface area contributed by atoms with Crippen molar-refractivity contribution in [2.24, 2.45) is 10.8 Å². The molecule has 0 radical (unpaired) electrons. The van der Waals surface area contributed by atoms with Gasteiger partial charge < -0.3 is 19.8 Å². The molecule has 37 heavy (non-hydrogen) atoms. The number of likely N-dealkylation sites (N-methyl/N-ethyl adjacent to an activating group) is 1. The summed E-state index contributed by atoms with van der Waals surface area (Å²) in [6, 6.07) is 15.3. The second-order valence-corrected chi connectivity index (χ2v) is 11.5. The van der Waals surface area contributed by atoms with Gasteiger partial charge in [0.05, 0.1) is 5.56 Å². The Morgan fingerprint density at radius 3 is 2.27 bits per heavy atom. The Labute approximate surface area is 219 Å². The van der Waals surface area contributed by atoms with Crippen molar-refractivity contribution in [2.75, 3.05) is 51.2 Å². The Balaban J connectivity index is 1.36. The minimum Gasteiger partial charge on any atom is -0.478 e. The van der Waals surface area contributed by atoms with E-state index in [9.17, 15) is 14.7 Å². The van der Waals surface area contributed by atoms with E-state index in [1.807, 2.05) is 29.2 Å². The number of fused-ring (bicyclic) bond motifs is 1. The lowest BCUT2D eigenvalue weighted by Gasteiger charge is -2.50. The molecule has 2 heterocycles. The summed E-state index contributed by atoms with van der Waals surface area (Å²) in [7, 11) is 2.15. The van der Waals surface area contributed by atoms with Crippen LogP contribution in [0.2, 0.25) is 0 Å². The van der Waals surface area contributed by atoms with Crippen molar-refractivity contribution in [3.63, 3.8) is 0 Å². The average molecular weight is 500 g/mol. The number of allylic oxidation sites excluding steroid dienone is 2. The highest BCUT2D eigenvalue weighted by atomic mass is 16.4. The van der Waals surface area contributed by atoms with Crippen molar-refractivity contribution in [1.29, 1.82) is 0 Å². The smallest absolute Gasteiger partial charge is 0.335 e. The van der Waals surface area contributed by atoms with Gasteiger partial charge >= 0.3 is 5.97 Å². The molecule has 0 aromatic heterocycles. The molecule has 2 aromatic carbocycles. The number of anilines is 1. The first-order valence-electron chi connectivity index (χ1n) is 13.2. The van der Waals surface area contributed by atoms with E-state index >= 15 is 0 Å². The van der Waals surface area contributed by atoms with Crippen molar-refractivity contribution in [3.8, 4) is 0 Å². The van der Waals surface area contributed by atoms with Crippen LogP contribution in [0.1, 0.15) is 53.5 Å². The number of piperazine rings is 1. The number of carbonyl (C=O) groups excluding carboxylic acids is 1. The molecule has 0 spiro atoms. The van der Waals surface area contributed by atoms with Crippen molar-refractivity contribution in [2.45, 2.75) is 27.2 Å². The van der Waals surface area contributed by atoms with E-state index in [1.54, 1.807) is 12.1 Å². The maximum atomic E-state index is 13.6. The summed E-state index contributed by atoms with van der Waals surface area (Å²) in [5.74, 6) is -0.825. The zero-order valence-electron chi connectivity index (χ0n) is 22.3.